The molecule has 0 bridgehead atoms. The fourth-order valence-corrected chi connectivity index (χ4v) is 0.750. The van der Waals surface area contributed by atoms with Crippen LogP contribution in [0.4, 0.5) is 0 Å². The minimum Gasteiger partial charge on any atom is -0.325 e. The third-order valence-corrected chi connectivity index (χ3v) is 2.11. The lowest BCUT2D eigenvalue weighted by Crippen LogP contribution is -2.37. The Kier molecular flexibility index (Phi) is 3.06. The van der Waals surface area contributed by atoms with Crippen LogP contribution in [0.1, 0.15) is 40.0 Å². The molecule has 0 aromatic carbocycles. The highest BCUT2D eigenvalue weighted by Crippen LogP contribution is 2.14. The molecule has 0 aromatic heterocycles. The molecule has 1 nitrogen and oxygen atoms in total. The lowest BCUT2D eigenvalue weighted by Gasteiger charge is -2.23. The third-order valence-electron chi connectivity index (χ3n) is 2.11. The Hall–Kier alpha value is -0.0400. The first-order chi connectivity index (χ1) is 3.68. The van der Waals surface area contributed by atoms with Crippen LogP contribution in [0, 0.1) is 0 Å². The Labute approximate surface area is 52.3 Å². The van der Waals surface area contributed by atoms with E-state index < -0.39 is 0 Å². The minimum absolute atomic E-state index is 0.125. The van der Waals surface area contributed by atoms with Crippen LogP contribution in [0.2, 0.25) is 0 Å². The molecule has 0 spiro atoms. The molecule has 0 saturated carbocycles. The molecule has 2 N–H and O–H groups in total. The quantitative estimate of drug-likeness (QED) is 0.597. The summed E-state index contributed by atoms with van der Waals surface area (Å²) in [4.78, 5) is 0. The maximum absolute atomic E-state index is 5.90. The predicted molar refractivity (Wildman–Crippen MR) is 37.8 cm³/mol. The van der Waals surface area contributed by atoms with Gasteiger partial charge in [0.25, 0.3) is 0 Å². The number of nitrogens with two attached hydrogens (primary N) is 1. The second-order valence-electron chi connectivity index (χ2n) is 2.42. The molecule has 8 heavy (non-hydrogen) atoms. The molecule has 0 rings (SSSR count). The third kappa shape index (κ3) is 1.83. The first kappa shape index (κ1) is 7.96. The molecule has 1 heteroatoms. The standard InChI is InChI=1S/C7H17N/c1-4-7(8,5-2)6-3/h4-6,8H2,1-3H3. The van der Waals surface area contributed by atoms with Gasteiger partial charge in [-0.3, -0.25) is 0 Å². The van der Waals surface area contributed by atoms with Gasteiger partial charge in [-0.05, 0) is 19.3 Å². The first-order valence-corrected chi connectivity index (χ1v) is 3.47. The fourth-order valence-electron chi connectivity index (χ4n) is 0.750. The maximum Gasteiger partial charge on any atom is 0.0146 e. The highest BCUT2D eigenvalue weighted by Gasteiger charge is 2.15. The normalized spacial score (nSPS) is 12.0. The molecular formula is C7H17N. The van der Waals surface area contributed by atoms with Crippen molar-refractivity contribution in [3.05, 3.63) is 0 Å². The molecule has 0 unspecified atom stereocenters. The van der Waals surface area contributed by atoms with Gasteiger partial charge in [-0.25, -0.2) is 0 Å². The van der Waals surface area contributed by atoms with Crippen molar-refractivity contribution in [2.45, 2.75) is 45.6 Å². The van der Waals surface area contributed by atoms with E-state index in [0.29, 0.717) is 0 Å². The van der Waals surface area contributed by atoms with Gasteiger partial charge in [0.2, 0.25) is 0 Å². The Balaban J connectivity index is 3.58. The molecule has 0 aliphatic heterocycles. The number of hydrogen-bond donors (Lipinski definition) is 1. The van der Waals surface area contributed by atoms with Gasteiger partial charge in [-0.15, -0.1) is 0 Å². The summed E-state index contributed by atoms with van der Waals surface area (Å²) < 4.78 is 0. The second-order valence-corrected chi connectivity index (χ2v) is 2.42. The average molecular weight is 115 g/mol. The van der Waals surface area contributed by atoms with Gasteiger partial charge in [-0.2, -0.15) is 0 Å². The summed E-state index contributed by atoms with van der Waals surface area (Å²) in [6, 6.07) is 0. The Morgan fingerprint density at radius 3 is 1.25 bits per heavy atom. The van der Waals surface area contributed by atoms with E-state index in [1.54, 1.807) is 0 Å². The van der Waals surface area contributed by atoms with Crippen LogP contribution in [0.3, 0.4) is 0 Å². The van der Waals surface area contributed by atoms with Crippen LogP contribution in [-0.2, 0) is 0 Å². The van der Waals surface area contributed by atoms with Gasteiger partial charge in [0.05, 0.1) is 0 Å². The van der Waals surface area contributed by atoms with Crippen LogP contribution in [0.15, 0.2) is 0 Å². The number of rotatable bonds is 3. The Morgan fingerprint density at radius 1 is 1.00 bits per heavy atom. The van der Waals surface area contributed by atoms with Crippen molar-refractivity contribution in [3.8, 4) is 0 Å². The molecule has 0 radical (unpaired) electrons. The highest BCUT2D eigenvalue weighted by molar-refractivity contribution is 4.77. The van der Waals surface area contributed by atoms with E-state index in [2.05, 4.69) is 20.8 Å². The summed E-state index contributed by atoms with van der Waals surface area (Å²) >= 11 is 0. The van der Waals surface area contributed by atoms with Gasteiger partial charge >= 0.3 is 0 Å². The molecule has 0 fully saturated rings. The summed E-state index contributed by atoms with van der Waals surface area (Å²) in [6.07, 6.45) is 3.29. The van der Waals surface area contributed by atoms with Crippen molar-refractivity contribution < 1.29 is 0 Å². The van der Waals surface area contributed by atoms with Gasteiger partial charge in [-0.1, -0.05) is 20.8 Å². The lowest BCUT2D eigenvalue weighted by atomic mass is 9.92. The van der Waals surface area contributed by atoms with E-state index in [-0.39, 0.29) is 5.54 Å². The maximum atomic E-state index is 5.90. The summed E-state index contributed by atoms with van der Waals surface area (Å²) in [6.45, 7) is 6.44. The summed E-state index contributed by atoms with van der Waals surface area (Å²) in [5, 5.41) is 0. The minimum atomic E-state index is 0.125. The van der Waals surface area contributed by atoms with Crippen molar-refractivity contribution >= 4 is 0 Å². The molecule has 50 valence electrons. The van der Waals surface area contributed by atoms with Crippen molar-refractivity contribution in [2.24, 2.45) is 5.73 Å². The van der Waals surface area contributed by atoms with Gasteiger partial charge in [0.15, 0.2) is 0 Å². The Bertz CT molecular complexity index is 47.1. The SMILES string of the molecule is CCC(N)(CC)CC. The molecule has 0 aliphatic carbocycles. The van der Waals surface area contributed by atoms with Crippen molar-refractivity contribution in [1.82, 2.24) is 0 Å². The smallest absolute Gasteiger partial charge is 0.0146 e. The van der Waals surface area contributed by atoms with Gasteiger partial charge in [0, 0.05) is 5.54 Å². The van der Waals surface area contributed by atoms with Crippen molar-refractivity contribution in [2.75, 3.05) is 0 Å². The monoisotopic (exact) mass is 115 g/mol. The lowest BCUT2D eigenvalue weighted by molar-refractivity contribution is 0.383. The molecule has 0 aromatic rings. The van der Waals surface area contributed by atoms with Crippen molar-refractivity contribution in [1.29, 1.82) is 0 Å². The zero-order valence-electron chi connectivity index (χ0n) is 6.20. The second kappa shape index (κ2) is 3.08. The van der Waals surface area contributed by atoms with Crippen LogP contribution in [-0.4, -0.2) is 5.54 Å². The Morgan fingerprint density at radius 2 is 1.25 bits per heavy atom. The topological polar surface area (TPSA) is 26.0 Å². The van der Waals surface area contributed by atoms with E-state index in [4.69, 9.17) is 5.73 Å². The van der Waals surface area contributed by atoms with Crippen LogP contribution >= 0.6 is 0 Å². The molecule has 0 heterocycles. The largest absolute Gasteiger partial charge is 0.325 e. The predicted octanol–water partition coefficient (Wildman–Crippen LogP) is 1.91. The highest BCUT2D eigenvalue weighted by atomic mass is 14.7. The van der Waals surface area contributed by atoms with Crippen molar-refractivity contribution in [3.63, 3.8) is 0 Å². The average Bonchev–Trinajstić information content (AvgIpc) is 1.87. The summed E-state index contributed by atoms with van der Waals surface area (Å²) in [5.74, 6) is 0. The molecule has 0 amide bonds. The molecule has 0 saturated heterocycles. The summed E-state index contributed by atoms with van der Waals surface area (Å²) in [7, 11) is 0. The zero-order chi connectivity index (χ0) is 6.62. The van der Waals surface area contributed by atoms with E-state index in [1.807, 2.05) is 0 Å². The van der Waals surface area contributed by atoms with E-state index in [9.17, 15) is 0 Å². The summed E-state index contributed by atoms with van der Waals surface area (Å²) in [5.41, 5.74) is 6.02. The van der Waals surface area contributed by atoms with E-state index >= 15 is 0 Å². The van der Waals surface area contributed by atoms with Gasteiger partial charge in [0.1, 0.15) is 0 Å². The zero-order valence-corrected chi connectivity index (χ0v) is 6.20. The fraction of sp³-hybridized carbons (Fsp3) is 1.00. The molecular weight excluding hydrogens is 98.1 g/mol. The first-order valence-electron chi connectivity index (χ1n) is 3.47. The molecule has 0 atom stereocenters. The van der Waals surface area contributed by atoms with E-state index in [1.165, 1.54) is 0 Å². The van der Waals surface area contributed by atoms with Crippen LogP contribution in [0.25, 0.3) is 0 Å². The van der Waals surface area contributed by atoms with Crippen LogP contribution < -0.4 is 5.73 Å². The number of hydrogen-bond acceptors (Lipinski definition) is 1. The van der Waals surface area contributed by atoms with E-state index in [0.717, 1.165) is 19.3 Å². The molecule has 0 aliphatic rings. The van der Waals surface area contributed by atoms with Gasteiger partial charge < -0.3 is 5.73 Å². The van der Waals surface area contributed by atoms with Crippen LogP contribution in [0.5, 0.6) is 0 Å².